The molecule has 3 nitrogen and oxygen atoms in total. The van der Waals surface area contributed by atoms with Crippen LogP contribution in [0.5, 0.6) is 0 Å². The van der Waals surface area contributed by atoms with E-state index in [1.807, 2.05) is 12.1 Å². The molecule has 2 aliphatic rings. The zero-order valence-corrected chi connectivity index (χ0v) is 12.9. The molecular formula is C18H24FNO2. The molecule has 0 bridgehead atoms. The van der Waals surface area contributed by atoms with Gasteiger partial charge in [0.05, 0.1) is 12.0 Å². The molecule has 2 fully saturated rings. The summed E-state index contributed by atoms with van der Waals surface area (Å²) in [5.74, 6) is -0.305. The second-order valence-corrected chi connectivity index (χ2v) is 7.03. The molecule has 0 spiro atoms. The highest BCUT2D eigenvalue weighted by Gasteiger charge is 2.44. The Labute approximate surface area is 130 Å². The third-order valence-corrected chi connectivity index (χ3v) is 5.21. The van der Waals surface area contributed by atoms with Crippen molar-refractivity contribution in [2.45, 2.75) is 62.4 Å². The fraction of sp³-hybridized carbons (Fsp3) is 0.611. The summed E-state index contributed by atoms with van der Waals surface area (Å²) in [6.07, 6.45) is 6.84. The van der Waals surface area contributed by atoms with Gasteiger partial charge in [-0.3, -0.25) is 4.79 Å². The van der Waals surface area contributed by atoms with E-state index in [0.717, 1.165) is 50.5 Å². The highest BCUT2D eigenvalue weighted by Crippen LogP contribution is 2.47. The molecule has 0 radical (unpaired) electrons. The number of rotatable bonds is 5. The Balaban J connectivity index is 1.53. The standard InChI is InChI=1S/C18H24FNO2/c19-15-6-4-14(5-7-15)17(10-11-17)13-20-16(21)12-18(22)8-2-1-3-9-18/h4-7,22H,1-3,8-13H2,(H,20,21). The van der Waals surface area contributed by atoms with Gasteiger partial charge in [-0.1, -0.05) is 31.4 Å². The van der Waals surface area contributed by atoms with E-state index in [1.165, 1.54) is 12.1 Å². The number of nitrogens with one attached hydrogen (secondary N) is 1. The third-order valence-electron chi connectivity index (χ3n) is 5.21. The first-order valence-electron chi connectivity index (χ1n) is 8.27. The van der Waals surface area contributed by atoms with Crippen molar-refractivity contribution in [3.8, 4) is 0 Å². The minimum Gasteiger partial charge on any atom is -0.389 e. The van der Waals surface area contributed by atoms with E-state index in [-0.39, 0.29) is 23.6 Å². The van der Waals surface area contributed by atoms with Crippen molar-refractivity contribution in [2.75, 3.05) is 6.54 Å². The minimum absolute atomic E-state index is 0.0292. The lowest BCUT2D eigenvalue weighted by molar-refractivity contribution is -0.127. The molecule has 2 saturated carbocycles. The lowest BCUT2D eigenvalue weighted by Gasteiger charge is -2.31. The number of halogens is 1. The quantitative estimate of drug-likeness (QED) is 0.878. The maximum absolute atomic E-state index is 13.0. The van der Waals surface area contributed by atoms with Crippen molar-refractivity contribution in [3.05, 3.63) is 35.6 Å². The van der Waals surface area contributed by atoms with E-state index >= 15 is 0 Å². The first kappa shape index (κ1) is 15.5. The van der Waals surface area contributed by atoms with Gasteiger partial charge < -0.3 is 10.4 Å². The molecule has 0 heterocycles. The average molecular weight is 305 g/mol. The number of carbonyl (C=O) groups excluding carboxylic acids is 1. The highest BCUT2D eigenvalue weighted by molar-refractivity contribution is 5.77. The Morgan fingerprint density at radius 2 is 1.73 bits per heavy atom. The van der Waals surface area contributed by atoms with Crippen molar-refractivity contribution in [1.29, 1.82) is 0 Å². The molecule has 1 aromatic rings. The van der Waals surface area contributed by atoms with E-state index in [0.29, 0.717) is 6.54 Å². The van der Waals surface area contributed by atoms with E-state index in [2.05, 4.69) is 5.32 Å². The third kappa shape index (κ3) is 3.49. The number of hydrogen-bond donors (Lipinski definition) is 2. The molecule has 22 heavy (non-hydrogen) atoms. The van der Waals surface area contributed by atoms with Gasteiger partial charge in [0.15, 0.2) is 0 Å². The largest absolute Gasteiger partial charge is 0.389 e. The molecule has 4 heteroatoms. The lowest BCUT2D eigenvalue weighted by atomic mass is 9.82. The average Bonchev–Trinajstić information content (AvgIpc) is 3.27. The van der Waals surface area contributed by atoms with Gasteiger partial charge >= 0.3 is 0 Å². The van der Waals surface area contributed by atoms with Gasteiger partial charge in [0.1, 0.15) is 5.82 Å². The number of amides is 1. The molecule has 120 valence electrons. The topological polar surface area (TPSA) is 49.3 Å². The second-order valence-electron chi connectivity index (χ2n) is 7.03. The Hall–Kier alpha value is -1.42. The summed E-state index contributed by atoms with van der Waals surface area (Å²) >= 11 is 0. The predicted octanol–water partition coefficient (Wildman–Crippen LogP) is 3.06. The van der Waals surface area contributed by atoms with Crippen molar-refractivity contribution in [3.63, 3.8) is 0 Å². The van der Waals surface area contributed by atoms with Gasteiger partial charge in [-0.05, 0) is 43.4 Å². The summed E-state index contributed by atoms with van der Waals surface area (Å²) in [4.78, 5) is 12.1. The Bertz CT molecular complexity index is 531. The van der Waals surface area contributed by atoms with Crippen molar-refractivity contribution in [2.24, 2.45) is 0 Å². The zero-order valence-electron chi connectivity index (χ0n) is 12.9. The monoisotopic (exact) mass is 305 g/mol. The number of benzene rings is 1. The molecule has 1 aromatic carbocycles. The summed E-state index contributed by atoms with van der Waals surface area (Å²) in [5, 5.41) is 13.4. The predicted molar refractivity (Wildman–Crippen MR) is 83.0 cm³/mol. The summed E-state index contributed by atoms with van der Waals surface area (Å²) in [6.45, 7) is 0.577. The molecule has 0 aromatic heterocycles. The number of carbonyl (C=O) groups is 1. The van der Waals surface area contributed by atoms with E-state index in [9.17, 15) is 14.3 Å². The van der Waals surface area contributed by atoms with Gasteiger partial charge in [-0.15, -0.1) is 0 Å². The molecule has 0 atom stereocenters. The molecule has 1 amide bonds. The summed E-state index contributed by atoms with van der Waals surface area (Å²) in [6, 6.07) is 6.57. The van der Waals surface area contributed by atoms with Crippen LogP contribution in [0.25, 0.3) is 0 Å². The normalized spacial score (nSPS) is 22.1. The number of hydrogen-bond acceptors (Lipinski definition) is 2. The van der Waals surface area contributed by atoms with E-state index < -0.39 is 5.60 Å². The molecule has 2 aliphatic carbocycles. The van der Waals surface area contributed by atoms with Gasteiger partial charge in [-0.25, -0.2) is 4.39 Å². The second kappa shape index (κ2) is 5.99. The summed E-state index contributed by atoms with van der Waals surface area (Å²) in [5.41, 5.74) is 0.249. The van der Waals surface area contributed by atoms with Gasteiger partial charge in [0, 0.05) is 12.0 Å². The molecule has 0 aliphatic heterocycles. The SMILES string of the molecule is O=C(CC1(O)CCCCC1)NCC1(c2ccc(F)cc2)CC1. The van der Waals surface area contributed by atoms with Crippen LogP contribution in [0, 0.1) is 5.82 Å². The van der Waals surface area contributed by atoms with E-state index in [1.54, 1.807) is 0 Å². The van der Waals surface area contributed by atoms with Crippen LogP contribution in [0.15, 0.2) is 24.3 Å². The molecule has 0 saturated heterocycles. The maximum atomic E-state index is 13.0. The zero-order chi connectivity index (χ0) is 15.6. The molecule has 2 N–H and O–H groups in total. The molecule has 3 rings (SSSR count). The molecular weight excluding hydrogens is 281 g/mol. The fourth-order valence-electron chi connectivity index (χ4n) is 3.54. The van der Waals surface area contributed by atoms with Crippen LogP contribution in [0.1, 0.15) is 56.9 Å². The summed E-state index contributed by atoms with van der Waals surface area (Å²) in [7, 11) is 0. The first-order valence-corrected chi connectivity index (χ1v) is 8.27. The maximum Gasteiger partial charge on any atom is 0.222 e. The lowest BCUT2D eigenvalue weighted by Crippen LogP contribution is -2.40. The Kier molecular flexibility index (Phi) is 4.22. The van der Waals surface area contributed by atoms with Crippen molar-refractivity contribution in [1.82, 2.24) is 5.32 Å². The fourth-order valence-corrected chi connectivity index (χ4v) is 3.54. The van der Waals surface area contributed by atoms with Gasteiger partial charge in [0.2, 0.25) is 5.91 Å². The van der Waals surface area contributed by atoms with Crippen molar-refractivity contribution < 1.29 is 14.3 Å². The van der Waals surface area contributed by atoms with Crippen LogP contribution in [0.3, 0.4) is 0 Å². The van der Waals surface area contributed by atoms with Gasteiger partial charge in [0.25, 0.3) is 0 Å². The van der Waals surface area contributed by atoms with E-state index in [4.69, 9.17) is 0 Å². The molecule has 0 unspecified atom stereocenters. The van der Waals surface area contributed by atoms with Gasteiger partial charge in [-0.2, -0.15) is 0 Å². The van der Waals surface area contributed by atoms with Crippen LogP contribution < -0.4 is 5.32 Å². The summed E-state index contributed by atoms with van der Waals surface area (Å²) < 4.78 is 13.0. The van der Waals surface area contributed by atoms with Crippen LogP contribution in [-0.2, 0) is 10.2 Å². The van der Waals surface area contributed by atoms with Crippen LogP contribution in [0.4, 0.5) is 4.39 Å². The van der Waals surface area contributed by atoms with Crippen LogP contribution in [-0.4, -0.2) is 23.2 Å². The Morgan fingerprint density at radius 3 is 2.32 bits per heavy atom. The Morgan fingerprint density at radius 1 is 1.09 bits per heavy atom. The van der Waals surface area contributed by atoms with Crippen LogP contribution >= 0.6 is 0 Å². The van der Waals surface area contributed by atoms with Crippen LogP contribution in [0.2, 0.25) is 0 Å². The van der Waals surface area contributed by atoms with Crippen molar-refractivity contribution >= 4 is 5.91 Å². The first-order chi connectivity index (χ1) is 10.5. The highest BCUT2D eigenvalue weighted by atomic mass is 19.1. The minimum atomic E-state index is -0.811. The smallest absolute Gasteiger partial charge is 0.222 e. The number of aliphatic hydroxyl groups is 1.